The highest BCUT2D eigenvalue weighted by molar-refractivity contribution is 6.35. The fourth-order valence-corrected chi connectivity index (χ4v) is 1.78. The third kappa shape index (κ3) is 2.46. The van der Waals surface area contributed by atoms with Crippen molar-refractivity contribution in [2.24, 2.45) is 0 Å². The van der Waals surface area contributed by atoms with Crippen molar-refractivity contribution in [3.8, 4) is 5.75 Å². The zero-order valence-electron chi connectivity index (χ0n) is 8.87. The summed E-state index contributed by atoms with van der Waals surface area (Å²) in [5, 5.41) is 0.472. The molecule has 0 aliphatic rings. The first-order valence-electron chi connectivity index (χ1n) is 4.75. The number of carbonyl (C=O) groups excluding carboxylic acids is 1. The Morgan fingerprint density at radius 2 is 2.00 bits per heavy atom. The van der Waals surface area contributed by atoms with Gasteiger partial charge in [0.05, 0.1) is 12.1 Å². The fourth-order valence-electron chi connectivity index (χ4n) is 1.38. The van der Waals surface area contributed by atoms with E-state index in [9.17, 15) is 4.79 Å². The second-order valence-corrected chi connectivity index (χ2v) is 4.06. The van der Waals surface area contributed by atoms with Crippen LogP contribution in [0, 0.1) is 0 Å². The first-order chi connectivity index (χ1) is 8.11. The molecule has 0 unspecified atom stereocenters. The van der Waals surface area contributed by atoms with Crippen LogP contribution in [0.25, 0.3) is 0 Å². The molecule has 0 spiro atoms. The van der Waals surface area contributed by atoms with E-state index in [0.29, 0.717) is 16.3 Å². The largest absolute Gasteiger partial charge is 0.497 e. The molecule has 0 radical (unpaired) electrons. The average molecular weight is 271 g/mol. The summed E-state index contributed by atoms with van der Waals surface area (Å²) in [7, 11) is 1.53. The molecule has 88 valence electrons. The molecule has 0 fully saturated rings. The number of halogens is 2. The Bertz CT molecular complexity index is 561. The van der Waals surface area contributed by atoms with E-state index in [2.05, 4.69) is 0 Å². The summed E-state index contributed by atoms with van der Waals surface area (Å²) in [4.78, 5) is 12.0. The summed E-state index contributed by atoms with van der Waals surface area (Å²) >= 11 is 11.6. The SMILES string of the molecule is COc1ccc(C(=O)c2ccc(Cl)o2)c(Cl)c1. The molecule has 1 aromatic heterocycles. The minimum absolute atomic E-state index is 0.155. The Kier molecular flexibility index (Phi) is 3.41. The van der Waals surface area contributed by atoms with Gasteiger partial charge in [-0.3, -0.25) is 4.79 Å². The number of ether oxygens (including phenoxy) is 1. The maximum Gasteiger partial charge on any atom is 0.229 e. The molecule has 5 heteroatoms. The standard InChI is InChI=1S/C12H8Cl2O3/c1-16-7-2-3-8(9(13)6-7)12(15)10-4-5-11(14)17-10/h2-6H,1H3. The molecule has 1 aromatic carbocycles. The van der Waals surface area contributed by atoms with Crippen molar-refractivity contribution in [2.75, 3.05) is 7.11 Å². The van der Waals surface area contributed by atoms with Crippen LogP contribution in [0.1, 0.15) is 16.1 Å². The molecular formula is C12H8Cl2O3. The van der Waals surface area contributed by atoms with Crippen LogP contribution in [0.2, 0.25) is 10.2 Å². The lowest BCUT2D eigenvalue weighted by Gasteiger charge is -2.04. The molecule has 0 aliphatic heterocycles. The molecule has 0 bridgehead atoms. The van der Waals surface area contributed by atoms with Crippen molar-refractivity contribution < 1.29 is 13.9 Å². The van der Waals surface area contributed by atoms with Gasteiger partial charge in [0.1, 0.15) is 5.75 Å². The maximum atomic E-state index is 12.0. The van der Waals surface area contributed by atoms with Gasteiger partial charge in [0.2, 0.25) is 5.78 Å². The summed E-state index contributed by atoms with van der Waals surface area (Å²) in [6.45, 7) is 0. The highest BCUT2D eigenvalue weighted by Gasteiger charge is 2.16. The highest BCUT2D eigenvalue weighted by Crippen LogP contribution is 2.25. The number of furan rings is 1. The van der Waals surface area contributed by atoms with Crippen LogP contribution >= 0.6 is 23.2 Å². The molecule has 3 nitrogen and oxygen atoms in total. The zero-order chi connectivity index (χ0) is 12.4. The van der Waals surface area contributed by atoms with Gasteiger partial charge in [-0.15, -0.1) is 0 Å². The van der Waals surface area contributed by atoms with Gasteiger partial charge in [-0.2, -0.15) is 0 Å². The van der Waals surface area contributed by atoms with E-state index < -0.39 is 0 Å². The normalized spacial score (nSPS) is 10.3. The van der Waals surface area contributed by atoms with Gasteiger partial charge in [0.25, 0.3) is 0 Å². The Hall–Kier alpha value is -1.45. The Morgan fingerprint density at radius 3 is 2.53 bits per heavy atom. The van der Waals surface area contributed by atoms with E-state index in [1.54, 1.807) is 18.2 Å². The van der Waals surface area contributed by atoms with E-state index in [4.69, 9.17) is 32.4 Å². The van der Waals surface area contributed by atoms with Gasteiger partial charge in [-0.1, -0.05) is 11.6 Å². The maximum absolute atomic E-state index is 12.0. The Labute approximate surface area is 108 Å². The third-order valence-corrected chi connectivity index (χ3v) is 2.73. The van der Waals surface area contributed by atoms with Gasteiger partial charge < -0.3 is 9.15 Å². The minimum atomic E-state index is -0.315. The average Bonchev–Trinajstić information content (AvgIpc) is 2.75. The van der Waals surface area contributed by atoms with E-state index in [-0.39, 0.29) is 16.8 Å². The van der Waals surface area contributed by atoms with Gasteiger partial charge in [0, 0.05) is 5.56 Å². The quantitative estimate of drug-likeness (QED) is 0.796. The third-order valence-electron chi connectivity index (χ3n) is 2.22. The van der Waals surface area contributed by atoms with Crippen molar-refractivity contribution in [3.05, 3.63) is 51.9 Å². The summed E-state index contributed by atoms with van der Waals surface area (Å²) in [5.74, 6) is 0.427. The van der Waals surface area contributed by atoms with Gasteiger partial charge >= 0.3 is 0 Å². The molecule has 0 N–H and O–H groups in total. The predicted molar refractivity (Wildman–Crippen MR) is 65.2 cm³/mol. The second kappa shape index (κ2) is 4.82. The molecule has 0 atom stereocenters. The highest BCUT2D eigenvalue weighted by atomic mass is 35.5. The van der Waals surface area contributed by atoms with Gasteiger partial charge in [-0.25, -0.2) is 0 Å². The van der Waals surface area contributed by atoms with Crippen LogP contribution in [0.15, 0.2) is 34.7 Å². The van der Waals surface area contributed by atoms with Crippen LogP contribution in [-0.4, -0.2) is 12.9 Å². The number of ketones is 1. The molecule has 1 heterocycles. The van der Waals surface area contributed by atoms with Crippen molar-refractivity contribution in [1.29, 1.82) is 0 Å². The molecule has 0 amide bonds. The summed E-state index contributed by atoms with van der Waals surface area (Å²) in [6, 6.07) is 7.82. The number of rotatable bonds is 3. The van der Waals surface area contributed by atoms with E-state index >= 15 is 0 Å². The van der Waals surface area contributed by atoms with Crippen molar-refractivity contribution >= 4 is 29.0 Å². The topological polar surface area (TPSA) is 39.4 Å². The number of carbonyl (C=O) groups is 1. The molecule has 17 heavy (non-hydrogen) atoms. The van der Waals surface area contributed by atoms with Crippen molar-refractivity contribution in [2.45, 2.75) is 0 Å². The number of benzene rings is 1. The van der Waals surface area contributed by atoms with E-state index in [0.717, 1.165) is 0 Å². The number of hydrogen-bond donors (Lipinski definition) is 0. The van der Waals surface area contributed by atoms with Crippen LogP contribution in [0.3, 0.4) is 0 Å². The number of methoxy groups -OCH3 is 1. The predicted octanol–water partition coefficient (Wildman–Crippen LogP) is 3.83. The lowest BCUT2D eigenvalue weighted by Crippen LogP contribution is -2.00. The minimum Gasteiger partial charge on any atom is -0.497 e. The first-order valence-corrected chi connectivity index (χ1v) is 5.51. The summed E-state index contributed by atoms with van der Waals surface area (Å²) < 4.78 is 10.0. The summed E-state index contributed by atoms with van der Waals surface area (Å²) in [6.07, 6.45) is 0. The summed E-state index contributed by atoms with van der Waals surface area (Å²) in [5.41, 5.74) is 0.346. The lowest BCUT2D eigenvalue weighted by atomic mass is 10.1. The number of hydrogen-bond acceptors (Lipinski definition) is 3. The Balaban J connectivity index is 2.37. The van der Waals surface area contributed by atoms with E-state index in [1.807, 2.05) is 0 Å². The first kappa shape index (κ1) is 12.0. The smallest absolute Gasteiger partial charge is 0.229 e. The van der Waals surface area contributed by atoms with Crippen LogP contribution in [0.5, 0.6) is 5.75 Å². The van der Waals surface area contributed by atoms with Gasteiger partial charge in [-0.05, 0) is 41.9 Å². The van der Waals surface area contributed by atoms with Crippen LogP contribution in [-0.2, 0) is 0 Å². The lowest BCUT2D eigenvalue weighted by molar-refractivity contribution is 0.101. The molecule has 2 rings (SSSR count). The van der Waals surface area contributed by atoms with Crippen molar-refractivity contribution in [3.63, 3.8) is 0 Å². The Morgan fingerprint density at radius 1 is 1.24 bits per heavy atom. The molecular weight excluding hydrogens is 263 g/mol. The van der Waals surface area contributed by atoms with Crippen molar-refractivity contribution in [1.82, 2.24) is 0 Å². The fraction of sp³-hybridized carbons (Fsp3) is 0.0833. The second-order valence-electron chi connectivity index (χ2n) is 3.28. The molecule has 0 saturated carbocycles. The molecule has 2 aromatic rings. The van der Waals surface area contributed by atoms with Gasteiger partial charge in [0.15, 0.2) is 11.0 Å². The van der Waals surface area contributed by atoms with Crippen LogP contribution < -0.4 is 4.74 Å². The van der Waals surface area contributed by atoms with E-state index in [1.165, 1.54) is 19.2 Å². The van der Waals surface area contributed by atoms with Crippen LogP contribution in [0.4, 0.5) is 0 Å². The monoisotopic (exact) mass is 270 g/mol. The molecule has 0 aliphatic carbocycles. The zero-order valence-corrected chi connectivity index (χ0v) is 10.4. The molecule has 0 saturated heterocycles.